The van der Waals surface area contributed by atoms with Crippen molar-refractivity contribution < 1.29 is 9.59 Å². The largest absolute Gasteiger partial charge is 0.313 e. The first kappa shape index (κ1) is 25.4. The molecule has 0 radical (unpaired) electrons. The van der Waals surface area contributed by atoms with Crippen LogP contribution in [-0.2, 0) is 6.54 Å². The molecule has 2 aromatic heterocycles. The molecule has 0 aliphatic carbocycles. The average Bonchev–Trinajstić information content (AvgIpc) is 3.33. The molecule has 1 aromatic carbocycles. The summed E-state index contributed by atoms with van der Waals surface area (Å²) < 4.78 is 1.22. The maximum Gasteiger partial charge on any atom is 0.313 e. The zero-order chi connectivity index (χ0) is 25.9. The monoisotopic (exact) mass is 489 g/mol. The number of aromatic nitrogens is 4. The van der Waals surface area contributed by atoms with Crippen LogP contribution in [0.4, 0.5) is 0 Å². The van der Waals surface area contributed by atoms with Crippen molar-refractivity contribution in [3.8, 4) is 6.07 Å². The van der Waals surface area contributed by atoms with E-state index in [0.717, 1.165) is 43.3 Å². The number of carbonyl (C=O) groups is 2. The van der Waals surface area contributed by atoms with E-state index in [2.05, 4.69) is 37.3 Å². The van der Waals surface area contributed by atoms with Gasteiger partial charge in [0.05, 0.1) is 6.20 Å². The Bertz CT molecular complexity index is 1280. The van der Waals surface area contributed by atoms with Gasteiger partial charge >= 0.3 is 5.91 Å². The van der Waals surface area contributed by atoms with Crippen molar-refractivity contribution in [3.63, 3.8) is 0 Å². The van der Waals surface area contributed by atoms with E-state index < -0.39 is 11.8 Å². The molecular formula is C25H31N9O2. The van der Waals surface area contributed by atoms with Gasteiger partial charge in [-0.05, 0) is 30.2 Å². The lowest BCUT2D eigenvalue weighted by atomic mass is 9.97. The summed E-state index contributed by atoms with van der Waals surface area (Å²) in [5.74, 6) is -1.60. The van der Waals surface area contributed by atoms with Crippen LogP contribution in [0.3, 0.4) is 0 Å². The lowest BCUT2D eigenvalue weighted by Gasteiger charge is -2.32. The molecule has 36 heavy (non-hydrogen) atoms. The second-order valence-electron chi connectivity index (χ2n) is 10.2. The molecule has 1 aliphatic rings. The fourth-order valence-corrected chi connectivity index (χ4v) is 3.81. The number of hydrazine groups is 1. The normalized spacial score (nSPS) is 15.1. The van der Waals surface area contributed by atoms with E-state index in [4.69, 9.17) is 0 Å². The molecule has 0 bridgehead atoms. The summed E-state index contributed by atoms with van der Waals surface area (Å²) in [7, 11) is 2.12. The molecule has 0 unspecified atom stereocenters. The Balaban J connectivity index is 1.59. The molecule has 0 atom stereocenters. The highest BCUT2D eigenvalue weighted by atomic mass is 16.2. The molecule has 0 saturated carbocycles. The number of likely N-dealkylation sites (N-methyl/N-ethyl adjacent to an activating group) is 1. The van der Waals surface area contributed by atoms with E-state index in [1.54, 1.807) is 18.2 Å². The standard InChI is InChI=1S/C25H31N9O2/c1-25(2,3)17-28-34(24(36)22-30-20(15-26)29-21-9-10-27-33(21)22)23(35)19-7-5-18(6-8-19)16-32-13-11-31(4)12-14-32/h5-10,28H,11-14,16-17H2,1-4H3. The lowest BCUT2D eigenvalue weighted by molar-refractivity contribution is 0.0493. The van der Waals surface area contributed by atoms with Crippen LogP contribution < -0.4 is 5.43 Å². The van der Waals surface area contributed by atoms with Crippen molar-refractivity contribution in [2.45, 2.75) is 27.3 Å². The number of carbonyl (C=O) groups excluding carboxylic acids is 2. The van der Waals surface area contributed by atoms with Crippen LogP contribution in [0.15, 0.2) is 36.5 Å². The summed E-state index contributed by atoms with van der Waals surface area (Å²) in [4.78, 5) is 39.9. The summed E-state index contributed by atoms with van der Waals surface area (Å²) >= 11 is 0. The van der Waals surface area contributed by atoms with Crippen molar-refractivity contribution in [1.82, 2.24) is 39.8 Å². The van der Waals surface area contributed by atoms with Crippen LogP contribution in [0.1, 0.15) is 53.1 Å². The topological polar surface area (TPSA) is 123 Å². The molecule has 1 N–H and O–H groups in total. The van der Waals surface area contributed by atoms with Gasteiger partial charge in [0, 0.05) is 50.9 Å². The van der Waals surface area contributed by atoms with Gasteiger partial charge in [-0.3, -0.25) is 14.5 Å². The Kier molecular flexibility index (Phi) is 7.40. The number of benzene rings is 1. The summed E-state index contributed by atoms with van der Waals surface area (Å²) in [6, 6.07) is 10.7. The van der Waals surface area contributed by atoms with Crippen LogP contribution in [-0.4, -0.2) is 86.0 Å². The molecule has 188 valence electrons. The van der Waals surface area contributed by atoms with Gasteiger partial charge in [-0.2, -0.15) is 24.8 Å². The summed E-state index contributed by atoms with van der Waals surface area (Å²) in [6.07, 6.45) is 1.45. The molecule has 2 amide bonds. The minimum atomic E-state index is -0.724. The van der Waals surface area contributed by atoms with Crippen LogP contribution in [0.5, 0.6) is 0 Å². The molecular weight excluding hydrogens is 458 g/mol. The zero-order valence-electron chi connectivity index (χ0n) is 21.1. The van der Waals surface area contributed by atoms with Gasteiger partial charge in [0.25, 0.3) is 5.91 Å². The summed E-state index contributed by atoms with van der Waals surface area (Å²) in [6.45, 7) is 11.2. The maximum atomic E-state index is 13.6. The van der Waals surface area contributed by atoms with E-state index >= 15 is 0 Å². The smallest absolute Gasteiger partial charge is 0.304 e. The molecule has 4 rings (SSSR count). The lowest BCUT2D eigenvalue weighted by Crippen LogP contribution is -2.50. The third-order valence-corrected chi connectivity index (χ3v) is 5.92. The van der Waals surface area contributed by atoms with Gasteiger partial charge in [-0.25, -0.2) is 10.4 Å². The van der Waals surface area contributed by atoms with Gasteiger partial charge in [0.15, 0.2) is 5.65 Å². The fraction of sp³-hybridized carbons (Fsp3) is 0.440. The van der Waals surface area contributed by atoms with Gasteiger partial charge in [0.1, 0.15) is 6.07 Å². The number of fused-ring (bicyclic) bond motifs is 1. The molecule has 11 heteroatoms. The number of nitrogens with zero attached hydrogens (tertiary/aromatic N) is 8. The Morgan fingerprint density at radius 3 is 2.39 bits per heavy atom. The quantitative estimate of drug-likeness (QED) is 0.406. The molecule has 1 saturated heterocycles. The minimum Gasteiger partial charge on any atom is -0.304 e. The van der Waals surface area contributed by atoms with E-state index in [1.807, 2.05) is 39.0 Å². The number of piperazine rings is 1. The van der Waals surface area contributed by atoms with Gasteiger partial charge in [0.2, 0.25) is 11.6 Å². The van der Waals surface area contributed by atoms with Gasteiger partial charge in [-0.15, -0.1) is 0 Å². The highest BCUT2D eigenvalue weighted by Gasteiger charge is 2.30. The third kappa shape index (κ3) is 5.91. The Hall–Kier alpha value is -3.72. The first-order valence-electron chi connectivity index (χ1n) is 11.9. The van der Waals surface area contributed by atoms with E-state index in [0.29, 0.717) is 17.8 Å². The zero-order valence-corrected chi connectivity index (χ0v) is 21.1. The van der Waals surface area contributed by atoms with Crippen LogP contribution >= 0.6 is 0 Å². The van der Waals surface area contributed by atoms with Crippen LogP contribution in [0.25, 0.3) is 5.65 Å². The van der Waals surface area contributed by atoms with Gasteiger partial charge in [-0.1, -0.05) is 32.9 Å². The minimum absolute atomic E-state index is 0.178. The number of imide groups is 1. The average molecular weight is 490 g/mol. The van der Waals surface area contributed by atoms with Crippen LogP contribution in [0.2, 0.25) is 0 Å². The fourth-order valence-electron chi connectivity index (χ4n) is 3.81. The Morgan fingerprint density at radius 1 is 1.06 bits per heavy atom. The molecule has 11 nitrogen and oxygen atoms in total. The Morgan fingerprint density at radius 2 is 1.75 bits per heavy atom. The van der Waals surface area contributed by atoms with Crippen LogP contribution in [0, 0.1) is 16.7 Å². The number of nitriles is 1. The van der Waals surface area contributed by atoms with E-state index in [-0.39, 0.29) is 17.1 Å². The number of rotatable bonds is 6. The van der Waals surface area contributed by atoms with Crippen molar-refractivity contribution in [1.29, 1.82) is 5.26 Å². The second kappa shape index (κ2) is 10.5. The van der Waals surface area contributed by atoms with Gasteiger partial charge < -0.3 is 4.90 Å². The number of hydrogen-bond donors (Lipinski definition) is 1. The molecule has 1 aliphatic heterocycles. The highest BCUT2D eigenvalue weighted by Crippen LogP contribution is 2.15. The molecule has 3 heterocycles. The molecule has 0 spiro atoms. The maximum absolute atomic E-state index is 13.6. The van der Waals surface area contributed by atoms with E-state index in [1.165, 1.54) is 10.7 Å². The first-order chi connectivity index (χ1) is 17.1. The number of nitrogens with one attached hydrogen (secondary N) is 1. The first-order valence-corrected chi connectivity index (χ1v) is 11.9. The summed E-state index contributed by atoms with van der Waals surface area (Å²) in [5, 5.41) is 14.4. The second-order valence-corrected chi connectivity index (χ2v) is 10.2. The van der Waals surface area contributed by atoms with E-state index in [9.17, 15) is 14.9 Å². The number of hydrogen-bond acceptors (Lipinski definition) is 9. The predicted octanol–water partition coefficient (Wildman–Crippen LogP) is 1.58. The Labute approximate surface area is 210 Å². The van der Waals surface area contributed by atoms with Crippen molar-refractivity contribution in [2.75, 3.05) is 39.8 Å². The summed E-state index contributed by atoms with van der Waals surface area (Å²) in [5.41, 5.74) is 4.51. The number of amides is 2. The molecule has 1 fully saturated rings. The van der Waals surface area contributed by atoms with Crippen molar-refractivity contribution in [3.05, 3.63) is 59.3 Å². The SMILES string of the molecule is CN1CCN(Cc2ccc(C(=O)N(NCC(C)(C)C)C(=O)c3nc(C#N)nc4ccnn34)cc2)CC1. The third-order valence-electron chi connectivity index (χ3n) is 5.92. The highest BCUT2D eigenvalue weighted by molar-refractivity contribution is 6.08. The predicted molar refractivity (Wildman–Crippen MR) is 133 cm³/mol. The van der Waals surface area contributed by atoms with Crippen molar-refractivity contribution >= 4 is 17.5 Å². The molecule has 3 aromatic rings. The van der Waals surface area contributed by atoms with Crippen molar-refractivity contribution in [2.24, 2.45) is 5.41 Å².